The molecule has 0 saturated carbocycles. The van der Waals surface area contributed by atoms with E-state index in [9.17, 15) is 22.3 Å². The fraction of sp³-hybridized carbons (Fsp3) is 0.435. The molecule has 1 aliphatic heterocycles. The Morgan fingerprint density at radius 1 is 1.26 bits per heavy atom. The Balaban J connectivity index is 1.83. The predicted octanol–water partition coefficient (Wildman–Crippen LogP) is 5.16. The van der Waals surface area contributed by atoms with Crippen molar-refractivity contribution in [1.82, 2.24) is 9.78 Å². The third-order valence-electron chi connectivity index (χ3n) is 5.71. The van der Waals surface area contributed by atoms with Crippen LogP contribution in [0.4, 0.5) is 8.78 Å². The van der Waals surface area contributed by atoms with E-state index in [-0.39, 0.29) is 15.6 Å². The van der Waals surface area contributed by atoms with Gasteiger partial charge in [0.2, 0.25) is 0 Å². The molecule has 1 fully saturated rings. The highest BCUT2D eigenvalue weighted by molar-refractivity contribution is 7.86. The molecule has 0 bridgehead atoms. The molecule has 7 nitrogen and oxygen atoms in total. The number of halogens is 3. The molecule has 0 spiro atoms. The number of ether oxygens (including phenoxy) is 1. The van der Waals surface area contributed by atoms with Gasteiger partial charge in [-0.1, -0.05) is 35.4 Å². The number of rotatable bonds is 8. The van der Waals surface area contributed by atoms with Crippen molar-refractivity contribution >= 4 is 32.6 Å². The number of alkyl halides is 2. The van der Waals surface area contributed by atoms with E-state index in [4.69, 9.17) is 20.5 Å². The molecule has 2 aromatic carbocycles. The summed E-state index contributed by atoms with van der Waals surface area (Å²) in [6, 6.07) is 10.8. The van der Waals surface area contributed by atoms with Gasteiger partial charge in [-0.25, -0.2) is 13.5 Å². The van der Waals surface area contributed by atoms with E-state index >= 15 is 0 Å². The summed E-state index contributed by atoms with van der Waals surface area (Å²) in [5.74, 6) is -3.62. The van der Waals surface area contributed by atoms with E-state index in [1.165, 1.54) is 12.1 Å². The maximum Gasteiger partial charge on any atom is 0.297 e. The second-order valence-electron chi connectivity index (χ2n) is 8.36. The number of hydrogen-bond acceptors (Lipinski definition) is 6. The van der Waals surface area contributed by atoms with Gasteiger partial charge in [-0.15, -0.1) is 0 Å². The van der Waals surface area contributed by atoms with Crippen molar-refractivity contribution in [1.29, 1.82) is 0 Å². The topological polar surface area (TPSA) is 90.7 Å². The molecule has 2 atom stereocenters. The van der Waals surface area contributed by atoms with Gasteiger partial charge < -0.3 is 9.84 Å². The van der Waals surface area contributed by atoms with Crippen LogP contribution < -0.4 is 0 Å². The first-order valence-corrected chi connectivity index (χ1v) is 12.7. The number of fused-ring (bicyclic) bond motifs is 1. The standard InChI is InChI=1S/C23H25ClF2N2O5S/c1-15-8-10-16(11-9-15)34(30,31)33-19(13-23(25,26)14-29)22-21-17(24)5-4-6-18(21)28(27-22)20-7-2-3-12-32-20/h4-6,8-11,19-20,29H,2-3,7,12-14H2,1H3. The lowest BCUT2D eigenvalue weighted by Crippen LogP contribution is -2.27. The molecule has 184 valence electrons. The van der Waals surface area contributed by atoms with Crippen LogP contribution in [0.1, 0.15) is 49.3 Å². The zero-order valence-electron chi connectivity index (χ0n) is 18.5. The largest absolute Gasteiger partial charge is 0.390 e. The molecule has 4 rings (SSSR count). The quantitative estimate of drug-likeness (QED) is 0.417. The molecule has 0 radical (unpaired) electrons. The average Bonchev–Trinajstić information content (AvgIpc) is 3.20. The lowest BCUT2D eigenvalue weighted by molar-refractivity contribution is -0.0784. The van der Waals surface area contributed by atoms with Gasteiger partial charge in [0.15, 0.2) is 6.23 Å². The van der Waals surface area contributed by atoms with Gasteiger partial charge in [-0.05, 0) is 50.5 Å². The van der Waals surface area contributed by atoms with Crippen LogP contribution in [0.15, 0.2) is 47.4 Å². The van der Waals surface area contributed by atoms with Gasteiger partial charge in [0, 0.05) is 18.4 Å². The Bertz CT molecular complexity index is 1260. The van der Waals surface area contributed by atoms with Crippen molar-refractivity contribution < 1.29 is 31.2 Å². The number of aliphatic hydroxyl groups is 1. The molecule has 1 aliphatic rings. The van der Waals surface area contributed by atoms with Gasteiger partial charge in [0.05, 0.1) is 15.4 Å². The summed E-state index contributed by atoms with van der Waals surface area (Å²) in [6.45, 7) is 0.831. The molecule has 1 aromatic heterocycles. The molecule has 3 aromatic rings. The van der Waals surface area contributed by atoms with E-state index in [2.05, 4.69) is 5.10 Å². The van der Waals surface area contributed by atoms with E-state index in [0.717, 1.165) is 18.4 Å². The minimum absolute atomic E-state index is 0.0569. The predicted molar refractivity (Wildman–Crippen MR) is 122 cm³/mol. The molecular weight excluding hydrogens is 490 g/mol. The van der Waals surface area contributed by atoms with Crippen molar-refractivity contribution in [3.63, 3.8) is 0 Å². The van der Waals surface area contributed by atoms with Gasteiger partial charge in [0.25, 0.3) is 16.0 Å². The molecule has 1 saturated heterocycles. The number of hydrogen-bond donors (Lipinski definition) is 1. The fourth-order valence-corrected chi connectivity index (χ4v) is 5.28. The lowest BCUT2D eigenvalue weighted by atomic mass is 10.1. The van der Waals surface area contributed by atoms with E-state index in [0.29, 0.717) is 23.9 Å². The molecule has 1 N–H and O–H groups in total. The van der Waals surface area contributed by atoms with Crippen LogP contribution in [0.5, 0.6) is 0 Å². The number of aromatic nitrogens is 2. The third-order valence-corrected chi connectivity index (χ3v) is 7.36. The summed E-state index contributed by atoms with van der Waals surface area (Å²) >= 11 is 6.43. The Kier molecular flexibility index (Phi) is 7.25. The van der Waals surface area contributed by atoms with Gasteiger partial charge in [-0.2, -0.15) is 13.5 Å². The first-order chi connectivity index (χ1) is 16.1. The highest BCUT2D eigenvalue weighted by Gasteiger charge is 2.39. The molecule has 2 unspecified atom stereocenters. The van der Waals surface area contributed by atoms with Crippen molar-refractivity contribution in [2.45, 2.75) is 55.8 Å². The van der Waals surface area contributed by atoms with Crippen LogP contribution >= 0.6 is 11.6 Å². The zero-order chi connectivity index (χ0) is 24.5. The number of benzene rings is 2. The van der Waals surface area contributed by atoms with Gasteiger partial charge in [0.1, 0.15) is 18.4 Å². The van der Waals surface area contributed by atoms with E-state index in [1.807, 2.05) is 0 Å². The molecular formula is C23H25ClF2N2O5S. The summed E-state index contributed by atoms with van der Waals surface area (Å²) < 4.78 is 67.5. The lowest BCUT2D eigenvalue weighted by Gasteiger charge is -2.24. The molecule has 0 aliphatic carbocycles. The maximum absolute atomic E-state index is 14.4. The summed E-state index contributed by atoms with van der Waals surface area (Å²) in [7, 11) is -4.44. The number of aryl methyl sites for hydroxylation is 1. The second-order valence-corrected chi connectivity index (χ2v) is 10.3. The van der Waals surface area contributed by atoms with Crippen molar-refractivity contribution in [2.24, 2.45) is 0 Å². The Labute approximate surface area is 201 Å². The van der Waals surface area contributed by atoms with Crippen molar-refractivity contribution in [3.05, 3.63) is 58.7 Å². The second kappa shape index (κ2) is 9.87. The first kappa shape index (κ1) is 25.0. The summed E-state index contributed by atoms with van der Waals surface area (Å²) in [6.07, 6.45) is -0.823. The number of aliphatic hydroxyl groups excluding tert-OH is 1. The van der Waals surface area contributed by atoms with E-state index in [1.54, 1.807) is 41.9 Å². The monoisotopic (exact) mass is 514 g/mol. The normalized spacial score (nSPS) is 18.3. The third kappa shape index (κ3) is 5.26. The van der Waals surface area contributed by atoms with Crippen LogP contribution in [0, 0.1) is 6.92 Å². The van der Waals surface area contributed by atoms with Crippen LogP contribution in [-0.4, -0.2) is 42.4 Å². The highest BCUT2D eigenvalue weighted by atomic mass is 35.5. The SMILES string of the molecule is Cc1ccc(S(=O)(=O)OC(CC(F)(F)CO)c2nn(C3CCCCO3)c3cccc(Cl)c23)cc1. The minimum atomic E-state index is -4.44. The molecule has 11 heteroatoms. The molecule has 2 heterocycles. The smallest absolute Gasteiger partial charge is 0.297 e. The van der Waals surface area contributed by atoms with Crippen LogP contribution in [0.2, 0.25) is 5.02 Å². The molecule has 0 amide bonds. The van der Waals surface area contributed by atoms with Gasteiger partial charge >= 0.3 is 0 Å². The highest BCUT2D eigenvalue weighted by Crippen LogP contribution is 2.40. The first-order valence-electron chi connectivity index (χ1n) is 10.9. The fourth-order valence-electron chi connectivity index (χ4n) is 3.96. The maximum atomic E-state index is 14.4. The summed E-state index contributed by atoms with van der Waals surface area (Å²) in [5.41, 5.74) is 1.29. The van der Waals surface area contributed by atoms with Gasteiger partial charge in [-0.3, -0.25) is 4.18 Å². The number of nitrogens with zero attached hydrogens (tertiary/aromatic N) is 2. The molecule has 34 heavy (non-hydrogen) atoms. The van der Waals surface area contributed by atoms with Crippen LogP contribution in [-0.2, 0) is 19.0 Å². The Morgan fingerprint density at radius 3 is 2.65 bits per heavy atom. The Hall–Kier alpha value is -2.11. The zero-order valence-corrected chi connectivity index (χ0v) is 20.0. The van der Waals surface area contributed by atoms with E-state index < -0.39 is 41.4 Å². The Morgan fingerprint density at radius 2 is 2.00 bits per heavy atom. The van der Waals surface area contributed by atoms with Crippen LogP contribution in [0.25, 0.3) is 10.9 Å². The average molecular weight is 515 g/mol. The van der Waals surface area contributed by atoms with Crippen LogP contribution in [0.3, 0.4) is 0 Å². The minimum Gasteiger partial charge on any atom is -0.390 e. The van der Waals surface area contributed by atoms with Crippen molar-refractivity contribution in [2.75, 3.05) is 13.2 Å². The van der Waals surface area contributed by atoms with Crippen molar-refractivity contribution in [3.8, 4) is 0 Å². The summed E-state index contributed by atoms with van der Waals surface area (Å²) in [4.78, 5) is -0.180. The summed E-state index contributed by atoms with van der Waals surface area (Å²) in [5, 5.41) is 14.2.